The van der Waals surface area contributed by atoms with Gasteiger partial charge in [-0.3, -0.25) is 9.59 Å². The van der Waals surface area contributed by atoms with E-state index in [-0.39, 0.29) is 17.5 Å². The first kappa shape index (κ1) is 14.0. The maximum Gasteiger partial charge on any atom is 0.254 e. The van der Waals surface area contributed by atoms with Crippen LogP contribution in [0.5, 0.6) is 0 Å². The standard InChI is InChI=1S/C13H14BrFN2O2/c1-7(12(18)17-9-3-4-9)16-13(19)10-6-8(14)2-5-11(10)15/h2,5-7,9H,3-4H2,1H3,(H,16,19)(H,17,18). The van der Waals surface area contributed by atoms with Crippen LogP contribution in [0.25, 0.3) is 0 Å². The third-order valence-electron chi connectivity index (χ3n) is 2.84. The Morgan fingerprint density at radius 2 is 2.11 bits per heavy atom. The third-order valence-corrected chi connectivity index (χ3v) is 3.33. The smallest absolute Gasteiger partial charge is 0.254 e. The molecule has 1 aliphatic rings. The SMILES string of the molecule is CC(NC(=O)c1cc(Br)ccc1F)C(=O)NC1CC1. The van der Waals surface area contributed by atoms with E-state index in [1.54, 1.807) is 6.92 Å². The van der Waals surface area contributed by atoms with E-state index < -0.39 is 17.8 Å². The highest BCUT2D eigenvalue weighted by Gasteiger charge is 2.26. The first-order valence-electron chi connectivity index (χ1n) is 6.03. The maximum absolute atomic E-state index is 13.5. The number of benzene rings is 1. The molecule has 0 spiro atoms. The average molecular weight is 329 g/mol. The van der Waals surface area contributed by atoms with E-state index in [1.807, 2.05) is 0 Å². The molecule has 2 amide bonds. The van der Waals surface area contributed by atoms with E-state index in [4.69, 9.17) is 0 Å². The fraction of sp³-hybridized carbons (Fsp3) is 0.385. The lowest BCUT2D eigenvalue weighted by molar-refractivity contribution is -0.122. The van der Waals surface area contributed by atoms with Crippen LogP contribution in [0.15, 0.2) is 22.7 Å². The van der Waals surface area contributed by atoms with Gasteiger partial charge in [-0.15, -0.1) is 0 Å². The van der Waals surface area contributed by atoms with Crippen molar-refractivity contribution in [1.29, 1.82) is 0 Å². The molecule has 1 fully saturated rings. The molecule has 1 atom stereocenters. The van der Waals surface area contributed by atoms with E-state index in [0.717, 1.165) is 12.8 Å². The van der Waals surface area contributed by atoms with Crippen molar-refractivity contribution < 1.29 is 14.0 Å². The molecular formula is C13H14BrFN2O2. The molecular weight excluding hydrogens is 315 g/mol. The van der Waals surface area contributed by atoms with Crippen molar-refractivity contribution in [3.05, 3.63) is 34.1 Å². The van der Waals surface area contributed by atoms with Crippen molar-refractivity contribution in [2.24, 2.45) is 0 Å². The van der Waals surface area contributed by atoms with Crippen molar-refractivity contribution in [2.75, 3.05) is 0 Å². The lowest BCUT2D eigenvalue weighted by Crippen LogP contribution is -2.45. The van der Waals surface area contributed by atoms with E-state index in [0.29, 0.717) is 4.47 Å². The van der Waals surface area contributed by atoms with E-state index >= 15 is 0 Å². The van der Waals surface area contributed by atoms with E-state index in [1.165, 1.54) is 18.2 Å². The zero-order valence-electron chi connectivity index (χ0n) is 10.4. The zero-order chi connectivity index (χ0) is 14.0. The van der Waals surface area contributed by atoms with Crippen molar-refractivity contribution in [2.45, 2.75) is 31.8 Å². The van der Waals surface area contributed by atoms with Gasteiger partial charge < -0.3 is 10.6 Å². The first-order valence-corrected chi connectivity index (χ1v) is 6.83. The molecule has 0 radical (unpaired) electrons. The predicted molar refractivity (Wildman–Crippen MR) is 72.2 cm³/mol. The van der Waals surface area contributed by atoms with Crippen LogP contribution in [0, 0.1) is 5.82 Å². The highest BCUT2D eigenvalue weighted by molar-refractivity contribution is 9.10. The Bertz CT molecular complexity index is 517. The van der Waals surface area contributed by atoms with Gasteiger partial charge in [0.2, 0.25) is 5.91 Å². The van der Waals surface area contributed by atoms with Gasteiger partial charge in [0.25, 0.3) is 5.91 Å². The third kappa shape index (κ3) is 3.76. The molecule has 102 valence electrons. The second kappa shape index (κ2) is 5.69. The van der Waals surface area contributed by atoms with E-state index in [9.17, 15) is 14.0 Å². The van der Waals surface area contributed by atoms with Crippen LogP contribution in [0.2, 0.25) is 0 Å². The Morgan fingerprint density at radius 3 is 2.74 bits per heavy atom. The van der Waals surface area contributed by atoms with E-state index in [2.05, 4.69) is 26.6 Å². The fourth-order valence-corrected chi connectivity index (χ4v) is 1.93. The van der Waals surface area contributed by atoms with Gasteiger partial charge in [-0.2, -0.15) is 0 Å². The van der Waals surface area contributed by atoms with Gasteiger partial charge in [-0.1, -0.05) is 15.9 Å². The van der Waals surface area contributed by atoms with Gasteiger partial charge in [-0.05, 0) is 38.0 Å². The molecule has 19 heavy (non-hydrogen) atoms. The number of hydrogen-bond acceptors (Lipinski definition) is 2. The van der Waals surface area contributed by atoms with Gasteiger partial charge in [0.05, 0.1) is 5.56 Å². The van der Waals surface area contributed by atoms with Crippen LogP contribution in [0.4, 0.5) is 4.39 Å². The Morgan fingerprint density at radius 1 is 1.42 bits per heavy atom. The van der Waals surface area contributed by atoms with Crippen LogP contribution in [-0.2, 0) is 4.79 Å². The summed E-state index contributed by atoms with van der Waals surface area (Å²) in [7, 11) is 0. The molecule has 1 saturated carbocycles. The van der Waals surface area contributed by atoms with Crippen LogP contribution in [0.3, 0.4) is 0 Å². The number of carbonyl (C=O) groups is 2. The van der Waals surface area contributed by atoms with Gasteiger partial charge in [0.1, 0.15) is 11.9 Å². The zero-order valence-corrected chi connectivity index (χ0v) is 12.0. The molecule has 1 aromatic carbocycles. The Labute approximate surface area is 118 Å². The van der Waals surface area contributed by atoms with Gasteiger partial charge in [0.15, 0.2) is 0 Å². The molecule has 4 nitrogen and oxygen atoms in total. The first-order chi connectivity index (χ1) is 8.97. The van der Waals surface area contributed by atoms with Crippen LogP contribution >= 0.6 is 15.9 Å². The highest BCUT2D eigenvalue weighted by atomic mass is 79.9. The summed E-state index contributed by atoms with van der Waals surface area (Å²) in [5.41, 5.74) is -0.0829. The molecule has 0 heterocycles. The topological polar surface area (TPSA) is 58.2 Å². The van der Waals surface area contributed by atoms with Crippen LogP contribution in [0.1, 0.15) is 30.1 Å². The molecule has 0 aromatic heterocycles. The molecule has 2 N–H and O–H groups in total. The minimum absolute atomic E-state index is 0.0829. The summed E-state index contributed by atoms with van der Waals surface area (Å²) in [6, 6.07) is 3.64. The van der Waals surface area contributed by atoms with Crippen molar-refractivity contribution in [3.8, 4) is 0 Å². The number of amides is 2. The second-order valence-corrected chi connectivity index (χ2v) is 5.52. The minimum atomic E-state index is -0.688. The molecule has 1 aromatic rings. The van der Waals surface area contributed by atoms with Crippen LogP contribution < -0.4 is 10.6 Å². The summed E-state index contributed by atoms with van der Waals surface area (Å²) in [4.78, 5) is 23.6. The molecule has 0 saturated heterocycles. The average Bonchev–Trinajstić information content (AvgIpc) is 3.15. The summed E-state index contributed by atoms with van der Waals surface area (Å²) in [5, 5.41) is 5.27. The molecule has 0 aliphatic heterocycles. The van der Waals surface area contributed by atoms with Crippen molar-refractivity contribution in [1.82, 2.24) is 10.6 Å². The Hall–Kier alpha value is -1.43. The fourth-order valence-electron chi connectivity index (χ4n) is 1.57. The largest absolute Gasteiger partial charge is 0.352 e. The number of carbonyl (C=O) groups excluding carboxylic acids is 2. The quantitative estimate of drug-likeness (QED) is 0.888. The number of halogens is 2. The predicted octanol–water partition coefficient (Wildman–Crippen LogP) is 1.99. The molecule has 1 unspecified atom stereocenters. The highest BCUT2D eigenvalue weighted by Crippen LogP contribution is 2.19. The summed E-state index contributed by atoms with van der Waals surface area (Å²) < 4.78 is 14.1. The van der Waals surface area contributed by atoms with Crippen LogP contribution in [-0.4, -0.2) is 23.9 Å². The summed E-state index contributed by atoms with van der Waals surface area (Å²) in [6.45, 7) is 1.57. The summed E-state index contributed by atoms with van der Waals surface area (Å²) >= 11 is 3.17. The summed E-state index contributed by atoms with van der Waals surface area (Å²) in [6.07, 6.45) is 1.96. The van der Waals surface area contributed by atoms with Gasteiger partial charge >= 0.3 is 0 Å². The normalized spacial score (nSPS) is 15.7. The molecule has 1 aliphatic carbocycles. The second-order valence-electron chi connectivity index (χ2n) is 4.60. The lowest BCUT2D eigenvalue weighted by atomic mass is 10.2. The van der Waals surface area contributed by atoms with Crippen molar-refractivity contribution >= 4 is 27.7 Å². The summed E-state index contributed by atoms with van der Waals surface area (Å²) in [5.74, 6) is -1.46. The number of nitrogens with one attached hydrogen (secondary N) is 2. The number of hydrogen-bond donors (Lipinski definition) is 2. The molecule has 0 bridgehead atoms. The Balaban J connectivity index is 1.99. The van der Waals surface area contributed by atoms with Gasteiger partial charge in [-0.25, -0.2) is 4.39 Å². The monoisotopic (exact) mass is 328 g/mol. The molecule has 6 heteroatoms. The lowest BCUT2D eigenvalue weighted by Gasteiger charge is -2.14. The Kier molecular flexibility index (Phi) is 4.19. The van der Waals surface area contributed by atoms with Crippen molar-refractivity contribution in [3.63, 3.8) is 0 Å². The molecule has 2 rings (SSSR count). The number of rotatable bonds is 4. The maximum atomic E-state index is 13.5. The minimum Gasteiger partial charge on any atom is -0.352 e. The van der Waals surface area contributed by atoms with Gasteiger partial charge in [0, 0.05) is 10.5 Å².